The lowest BCUT2D eigenvalue weighted by molar-refractivity contribution is -0.124. The molecule has 7 heteroatoms. The summed E-state index contributed by atoms with van der Waals surface area (Å²) in [4.78, 5) is 12.3. The van der Waals surface area contributed by atoms with Crippen molar-refractivity contribution in [3.05, 3.63) is 0 Å². The van der Waals surface area contributed by atoms with Gasteiger partial charge in [-0.1, -0.05) is 6.92 Å². The van der Waals surface area contributed by atoms with E-state index in [9.17, 15) is 13.2 Å². The lowest BCUT2D eigenvalue weighted by Crippen LogP contribution is -2.57. The molecule has 112 valence electrons. The summed E-state index contributed by atoms with van der Waals surface area (Å²) >= 11 is 0. The highest BCUT2D eigenvalue weighted by molar-refractivity contribution is 7.92. The predicted octanol–water partition coefficient (Wildman–Crippen LogP) is 0.491. The number of carbonyl (C=O) groups excluding carboxylic acids is 1. The van der Waals surface area contributed by atoms with Crippen LogP contribution >= 0.6 is 12.4 Å². The molecule has 2 N–H and O–H groups in total. The number of amides is 1. The highest BCUT2D eigenvalue weighted by atomic mass is 35.5. The van der Waals surface area contributed by atoms with Gasteiger partial charge in [-0.2, -0.15) is 0 Å². The Labute approximate surface area is 121 Å². The summed E-state index contributed by atoms with van der Waals surface area (Å²) in [5, 5.41) is 5.96. The van der Waals surface area contributed by atoms with Gasteiger partial charge >= 0.3 is 0 Å². The highest BCUT2D eigenvalue weighted by Crippen LogP contribution is 2.44. The number of hydrogen-bond donors (Lipinski definition) is 2. The summed E-state index contributed by atoms with van der Waals surface area (Å²) in [6.45, 7) is 3.87. The summed E-state index contributed by atoms with van der Waals surface area (Å²) in [7, 11) is -3.39. The largest absolute Gasteiger partial charge is 0.354 e. The zero-order chi connectivity index (χ0) is 13.4. The first kappa shape index (κ1) is 16.7. The van der Waals surface area contributed by atoms with Gasteiger partial charge in [0.15, 0.2) is 14.6 Å². The number of piperidine rings is 1. The molecule has 1 saturated carbocycles. The zero-order valence-electron chi connectivity index (χ0n) is 11.5. The van der Waals surface area contributed by atoms with E-state index in [4.69, 9.17) is 0 Å². The first-order valence-corrected chi connectivity index (χ1v) is 8.37. The van der Waals surface area contributed by atoms with E-state index in [1.54, 1.807) is 0 Å². The van der Waals surface area contributed by atoms with Crippen LogP contribution in [0.15, 0.2) is 0 Å². The maximum absolute atomic E-state index is 12.3. The second kappa shape index (κ2) is 5.58. The Bertz CT molecular complexity index is 440. The van der Waals surface area contributed by atoms with Gasteiger partial charge in [0.05, 0.1) is 0 Å². The van der Waals surface area contributed by atoms with Crippen molar-refractivity contribution in [2.75, 3.05) is 25.9 Å². The van der Waals surface area contributed by atoms with Crippen LogP contribution in [-0.4, -0.2) is 45.0 Å². The van der Waals surface area contributed by atoms with Crippen molar-refractivity contribution in [3.8, 4) is 0 Å². The second-order valence-electron chi connectivity index (χ2n) is 6.01. The van der Waals surface area contributed by atoms with Gasteiger partial charge in [0.1, 0.15) is 0 Å². The maximum atomic E-state index is 12.3. The average Bonchev–Trinajstić information content (AvgIpc) is 3.04. The standard InChI is InChI=1S/C12H22N2O3S.ClH/c1-11(3-4-11)9-14-10(15)12(18(2,16)17)5-7-13-8-6-12;/h13H,3-9H2,1-2H3,(H,14,15);1H. The molecule has 5 nitrogen and oxygen atoms in total. The molecule has 0 aromatic carbocycles. The second-order valence-corrected chi connectivity index (χ2v) is 8.34. The molecule has 1 aliphatic carbocycles. The monoisotopic (exact) mass is 310 g/mol. The van der Waals surface area contributed by atoms with Gasteiger partial charge < -0.3 is 10.6 Å². The zero-order valence-corrected chi connectivity index (χ0v) is 13.1. The molecule has 0 radical (unpaired) electrons. The van der Waals surface area contributed by atoms with Gasteiger partial charge in [-0.05, 0) is 44.2 Å². The third-order valence-electron chi connectivity index (χ3n) is 4.31. The van der Waals surface area contributed by atoms with Crippen molar-refractivity contribution in [1.29, 1.82) is 0 Å². The minimum atomic E-state index is -3.39. The van der Waals surface area contributed by atoms with Gasteiger partial charge in [0.2, 0.25) is 5.91 Å². The fourth-order valence-electron chi connectivity index (χ4n) is 2.44. The van der Waals surface area contributed by atoms with Crippen molar-refractivity contribution in [2.24, 2.45) is 5.41 Å². The molecule has 0 bridgehead atoms. The SMILES string of the molecule is CC1(CNC(=O)C2(S(C)(=O)=O)CCNCC2)CC1.Cl. The predicted molar refractivity (Wildman–Crippen MR) is 77.3 cm³/mol. The molecule has 0 atom stereocenters. The molecule has 0 unspecified atom stereocenters. The van der Waals surface area contributed by atoms with Crippen LogP contribution in [0.2, 0.25) is 0 Å². The number of carbonyl (C=O) groups is 1. The Kier molecular flexibility index (Phi) is 4.91. The minimum Gasteiger partial charge on any atom is -0.354 e. The van der Waals surface area contributed by atoms with Crippen LogP contribution in [0.3, 0.4) is 0 Å². The summed E-state index contributed by atoms with van der Waals surface area (Å²) in [6, 6.07) is 0. The molecule has 0 aromatic rings. The molecule has 0 aromatic heterocycles. The smallest absolute Gasteiger partial charge is 0.241 e. The van der Waals surface area contributed by atoms with Gasteiger partial charge in [-0.15, -0.1) is 12.4 Å². The number of sulfone groups is 1. The Morgan fingerprint density at radius 2 is 1.74 bits per heavy atom. The lowest BCUT2D eigenvalue weighted by Gasteiger charge is -2.34. The number of rotatable bonds is 4. The van der Waals surface area contributed by atoms with Crippen LogP contribution in [0.5, 0.6) is 0 Å². The van der Waals surface area contributed by atoms with E-state index in [1.807, 2.05) is 0 Å². The fraction of sp³-hybridized carbons (Fsp3) is 0.917. The van der Waals surface area contributed by atoms with E-state index in [0.717, 1.165) is 12.8 Å². The van der Waals surface area contributed by atoms with Crippen LogP contribution < -0.4 is 10.6 Å². The Morgan fingerprint density at radius 1 is 1.21 bits per heavy atom. The highest BCUT2D eigenvalue weighted by Gasteiger charge is 2.49. The summed E-state index contributed by atoms with van der Waals surface area (Å²) in [5.41, 5.74) is 0.196. The van der Waals surface area contributed by atoms with Crippen molar-refractivity contribution in [1.82, 2.24) is 10.6 Å². The van der Waals surface area contributed by atoms with E-state index in [0.29, 0.717) is 32.5 Å². The van der Waals surface area contributed by atoms with E-state index in [1.165, 1.54) is 6.26 Å². The third kappa shape index (κ3) is 3.41. The quantitative estimate of drug-likeness (QED) is 0.792. The van der Waals surface area contributed by atoms with Crippen LogP contribution in [0.1, 0.15) is 32.6 Å². The van der Waals surface area contributed by atoms with Crippen LogP contribution in [0.25, 0.3) is 0 Å². The van der Waals surface area contributed by atoms with E-state index >= 15 is 0 Å². The summed E-state index contributed by atoms with van der Waals surface area (Å²) in [6.07, 6.45) is 4.14. The molecular formula is C12H23ClN2O3S. The maximum Gasteiger partial charge on any atom is 0.241 e. The molecule has 2 fully saturated rings. The molecule has 1 amide bonds. The number of halogens is 1. The lowest BCUT2D eigenvalue weighted by atomic mass is 9.95. The van der Waals surface area contributed by atoms with Crippen molar-refractivity contribution >= 4 is 28.2 Å². The first-order valence-electron chi connectivity index (χ1n) is 6.48. The molecule has 1 heterocycles. The van der Waals surface area contributed by atoms with Crippen molar-refractivity contribution in [2.45, 2.75) is 37.4 Å². The molecule has 2 rings (SSSR count). The first-order chi connectivity index (χ1) is 8.29. The molecular weight excluding hydrogens is 288 g/mol. The van der Waals surface area contributed by atoms with Gasteiger partial charge in [0, 0.05) is 12.8 Å². The van der Waals surface area contributed by atoms with Gasteiger partial charge in [0.25, 0.3) is 0 Å². The van der Waals surface area contributed by atoms with Gasteiger partial charge in [-0.25, -0.2) is 8.42 Å². The molecule has 19 heavy (non-hydrogen) atoms. The Morgan fingerprint density at radius 3 is 2.16 bits per heavy atom. The van der Waals surface area contributed by atoms with Crippen LogP contribution in [0.4, 0.5) is 0 Å². The third-order valence-corrected chi connectivity index (χ3v) is 6.33. The molecule has 1 saturated heterocycles. The van der Waals surface area contributed by atoms with Crippen molar-refractivity contribution < 1.29 is 13.2 Å². The van der Waals surface area contributed by atoms with Crippen molar-refractivity contribution in [3.63, 3.8) is 0 Å². The molecule has 0 spiro atoms. The summed E-state index contributed by atoms with van der Waals surface area (Å²) < 4.78 is 22.8. The normalized spacial score (nSPS) is 24.1. The number of nitrogens with one attached hydrogen (secondary N) is 2. The topological polar surface area (TPSA) is 75.3 Å². The Hall–Kier alpha value is -0.330. The molecule has 1 aliphatic heterocycles. The van der Waals surface area contributed by atoms with Gasteiger partial charge in [-0.3, -0.25) is 4.79 Å². The average molecular weight is 311 g/mol. The number of hydrogen-bond acceptors (Lipinski definition) is 4. The summed E-state index contributed by atoms with van der Waals surface area (Å²) in [5.74, 6) is -0.306. The van der Waals surface area contributed by atoms with Crippen LogP contribution in [-0.2, 0) is 14.6 Å². The van der Waals surface area contributed by atoms with Crippen LogP contribution in [0, 0.1) is 5.41 Å². The molecule has 2 aliphatic rings. The van der Waals surface area contributed by atoms with E-state index in [-0.39, 0.29) is 23.7 Å². The Balaban J connectivity index is 0.00000180. The fourth-order valence-corrected chi connectivity index (χ4v) is 3.80. The minimum absolute atomic E-state index is 0. The van der Waals surface area contributed by atoms with E-state index in [2.05, 4.69) is 17.6 Å². The van der Waals surface area contributed by atoms with E-state index < -0.39 is 14.6 Å².